The van der Waals surface area contributed by atoms with Crippen molar-refractivity contribution in [2.75, 3.05) is 5.32 Å². The summed E-state index contributed by atoms with van der Waals surface area (Å²) < 4.78 is 0. The molecule has 5 nitrogen and oxygen atoms in total. The van der Waals surface area contributed by atoms with E-state index in [1.165, 1.54) is 0 Å². The van der Waals surface area contributed by atoms with Crippen LogP contribution in [0.15, 0.2) is 42.5 Å². The van der Waals surface area contributed by atoms with Crippen LogP contribution in [0.1, 0.15) is 29.8 Å². The van der Waals surface area contributed by atoms with Gasteiger partial charge >= 0.3 is 0 Å². The molecule has 0 aliphatic carbocycles. The number of nitrogens with zero attached hydrogens (tertiary/aromatic N) is 2. The maximum Gasteiger partial charge on any atom is 0.295 e. The van der Waals surface area contributed by atoms with Crippen molar-refractivity contribution in [3.63, 3.8) is 0 Å². The van der Waals surface area contributed by atoms with E-state index in [4.69, 9.17) is 0 Å². The number of carbonyl (C=O) groups excluding carboxylic acids is 1. The molecule has 0 saturated heterocycles. The number of fused-ring (bicyclic) bond motifs is 1. The van der Waals surface area contributed by atoms with E-state index in [2.05, 4.69) is 27.4 Å². The molecule has 21 heavy (non-hydrogen) atoms. The molecular formula is C16H16N4O. The lowest BCUT2D eigenvalue weighted by molar-refractivity contribution is 0.101. The minimum absolute atomic E-state index is 0.173. The van der Waals surface area contributed by atoms with E-state index in [-0.39, 0.29) is 11.7 Å². The molecule has 0 unspecified atom stereocenters. The molecule has 1 aromatic heterocycles. The summed E-state index contributed by atoms with van der Waals surface area (Å²) in [5, 5.41) is 11.7. The summed E-state index contributed by atoms with van der Waals surface area (Å²) in [6.07, 6.45) is 1.74. The number of aromatic nitrogens is 3. The van der Waals surface area contributed by atoms with E-state index in [9.17, 15) is 4.79 Å². The number of hydrogen-bond acceptors (Lipinski definition) is 3. The van der Waals surface area contributed by atoms with E-state index >= 15 is 0 Å². The maximum atomic E-state index is 12.2. The third-order valence-electron chi connectivity index (χ3n) is 3.26. The van der Waals surface area contributed by atoms with Gasteiger partial charge in [0.25, 0.3) is 5.91 Å². The number of H-pyrrole nitrogens is 1. The van der Waals surface area contributed by atoms with Crippen molar-refractivity contribution in [2.45, 2.75) is 19.8 Å². The number of aromatic amines is 1. The molecule has 1 amide bonds. The molecule has 0 aliphatic rings. The molecule has 2 aromatic carbocycles. The number of anilines is 1. The second kappa shape index (κ2) is 5.75. The van der Waals surface area contributed by atoms with Gasteiger partial charge in [0.1, 0.15) is 5.82 Å². The lowest BCUT2D eigenvalue weighted by Crippen LogP contribution is -2.14. The van der Waals surface area contributed by atoms with Crippen molar-refractivity contribution < 1.29 is 4.79 Å². The van der Waals surface area contributed by atoms with Crippen LogP contribution in [-0.4, -0.2) is 21.1 Å². The molecule has 5 heteroatoms. The van der Waals surface area contributed by atoms with Crippen LogP contribution < -0.4 is 5.32 Å². The van der Waals surface area contributed by atoms with Gasteiger partial charge in [-0.25, -0.2) is 4.98 Å². The van der Waals surface area contributed by atoms with Crippen LogP contribution in [0.2, 0.25) is 0 Å². The normalized spacial score (nSPS) is 10.7. The van der Waals surface area contributed by atoms with Crippen molar-refractivity contribution in [1.82, 2.24) is 15.2 Å². The van der Waals surface area contributed by atoms with Gasteiger partial charge in [0.05, 0.1) is 0 Å². The van der Waals surface area contributed by atoms with Gasteiger partial charge in [-0.05, 0) is 17.9 Å². The second-order valence-corrected chi connectivity index (χ2v) is 4.84. The molecule has 0 aliphatic heterocycles. The fourth-order valence-electron chi connectivity index (χ4n) is 2.26. The SMILES string of the molecule is CCCc1nc(C(=O)Nc2cccc3ccccc23)n[nH]1. The van der Waals surface area contributed by atoms with Gasteiger partial charge in [0.15, 0.2) is 0 Å². The fourth-order valence-corrected chi connectivity index (χ4v) is 2.26. The van der Waals surface area contributed by atoms with Crippen LogP contribution in [0.3, 0.4) is 0 Å². The van der Waals surface area contributed by atoms with E-state index in [1.54, 1.807) is 0 Å². The lowest BCUT2D eigenvalue weighted by Gasteiger charge is -2.06. The molecule has 0 spiro atoms. The van der Waals surface area contributed by atoms with E-state index in [0.29, 0.717) is 0 Å². The zero-order valence-corrected chi connectivity index (χ0v) is 11.8. The average molecular weight is 280 g/mol. The Bertz CT molecular complexity index is 773. The Hall–Kier alpha value is -2.69. The molecule has 0 radical (unpaired) electrons. The first-order valence-electron chi connectivity index (χ1n) is 6.98. The summed E-state index contributed by atoms with van der Waals surface area (Å²) in [6, 6.07) is 13.7. The average Bonchev–Trinajstić information content (AvgIpc) is 2.97. The second-order valence-electron chi connectivity index (χ2n) is 4.84. The Morgan fingerprint density at radius 1 is 1.19 bits per heavy atom. The largest absolute Gasteiger partial charge is 0.319 e. The van der Waals surface area contributed by atoms with Crippen LogP contribution in [-0.2, 0) is 6.42 Å². The number of rotatable bonds is 4. The van der Waals surface area contributed by atoms with E-state index in [1.807, 2.05) is 42.5 Å². The molecule has 3 aromatic rings. The molecule has 3 rings (SSSR count). The van der Waals surface area contributed by atoms with Crippen LogP contribution in [0.4, 0.5) is 5.69 Å². The van der Waals surface area contributed by atoms with Crippen molar-refractivity contribution in [2.24, 2.45) is 0 Å². The van der Waals surface area contributed by atoms with Gasteiger partial charge in [-0.1, -0.05) is 43.3 Å². The van der Waals surface area contributed by atoms with Gasteiger partial charge in [-0.2, -0.15) is 0 Å². The predicted molar refractivity (Wildman–Crippen MR) is 82.3 cm³/mol. The highest BCUT2D eigenvalue weighted by molar-refractivity contribution is 6.07. The number of nitrogens with one attached hydrogen (secondary N) is 2. The number of carbonyl (C=O) groups is 1. The van der Waals surface area contributed by atoms with Crippen molar-refractivity contribution in [3.8, 4) is 0 Å². The quantitative estimate of drug-likeness (QED) is 0.771. The van der Waals surface area contributed by atoms with Crippen molar-refractivity contribution >= 4 is 22.4 Å². The zero-order valence-electron chi connectivity index (χ0n) is 11.8. The summed E-state index contributed by atoms with van der Waals surface area (Å²) in [5.41, 5.74) is 0.764. The minimum atomic E-state index is -0.301. The molecular weight excluding hydrogens is 264 g/mol. The Labute approximate surface area is 122 Å². The van der Waals surface area contributed by atoms with Crippen molar-refractivity contribution in [3.05, 3.63) is 54.1 Å². The summed E-state index contributed by atoms with van der Waals surface area (Å²) in [7, 11) is 0. The molecule has 106 valence electrons. The molecule has 2 N–H and O–H groups in total. The number of benzene rings is 2. The maximum absolute atomic E-state index is 12.2. The number of hydrogen-bond donors (Lipinski definition) is 2. The molecule has 0 bridgehead atoms. The third-order valence-corrected chi connectivity index (χ3v) is 3.26. The fraction of sp³-hybridized carbons (Fsp3) is 0.188. The first-order chi connectivity index (χ1) is 10.3. The molecule has 0 fully saturated rings. The Kier molecular flexibility index (Phi) is 3.64. The highest BCUT2D eigenvalue weighted by Gasteiger charge is 2.13. The molecule has 0 atom stereocenters. The van der Waals surface area contributed by atoms with Crippen LogP contribution in [0, 0.1) is 0 Å². The number of aryl methyl sites for hydroxylation is 1. The smallest absolute Gasteiger partial charge is 0.295 e. The summed E-state index contributed by atoms with van der Waals surface area (Å²) in [4.78, 5) is 16.4. The first kappa shape index (κ1) is 13.3. The Morgan fingerprint density at radius 2 is 2.00 bits per heavy atom. The number of amides is 1. The van der Waals surface area contributed by atoms with Gasteiger partial charge in [0.2, 0.25) is 5.82 Å². The van der Waals surface area contributed by atoms with Gasteiger partial charge in [0, 0.05) is 17.5 Å². The van der Waals surface area contributed by atoms with Crippen LogP contribution >= 0.6 is 0 Å². The third kappa shape index (κ3) is 2.76. The van der Waals surface area contributed by atoms with Gasteiger partial charge in [-0.15, -0.1) is 5.10 Å². The summed E-state index contributed by atoms with van der Waals surface area (Å²) >= 11 is 0. The summed E-state index contributed by atoms with van der Waals surface area (Å²) in [6.45, 7) is 2.05. The van der Waals surface area contributed by atoms with Crippen LogP contribution in [0.25, 0.3) is 10.8 Å². The van der Waals surface area contributed by atoms with E-state index in [0.717, 1.165) is 35.1 Å². The first-order valence-corrected chi connectivity index (χ1v) is 6.98. The van der Waals surface area contributed by atoms with Gasteiger partial charge in [-0.3, -0.25) is 9.89 Å². The van der Waals surface area contributed by atoms with Gasteiger partial charge < -0.3 is 5.32 Å². The Balaban J connectivity index is 1.85. The van der Waals surface area contributed by atoms with Crippen LogP contribution in [0.5, 0.6) is 0 Å². The molecule has 0 saturated carbocycles. The van der Waals surface area contributed by atoms with E-state index < -0.39 is 0 Å². The standard InChI is InChI=1S/C16H16N4O/c1-2-6-14-18-15(20-19-14)16(21)17-13-10-5-8-11-7-3-4-9-12(11)13/h3-5,7-10H,2,6H2,1H3,(H,17,21)(H,18,19,20). The minimum Gasteiger partial charge on any atom is -0.319 e. The molecule has 1 heterocycles. The highest BCUT2D eigenvalue weighted by atomic mass is 16.2. The Morgan fingerprint density at radius 3 is 2.86 bits per heavy atom. The monoisotopic (exact) mass is 280 g/mol. The zero-order chi connectivity index (χ0) is 14.7. The highest BCUT2D eigenvalue weighted by Crippen LogP contribution is 2.23. The topological polar surface area (TPSA) is 70.7 Å². The predicted octanol–water partition coefficient (Wildman–Crippen LogP) is 3.16. The lowest BCUT2D eigenvalue weighted by atomic mass is 10.1. The summed E-state index contributed by atoms with van der Waals surface area (Å²) in [5.74, 6) is 0.608. The van der Waals surface area contributed by atoms with Crippen molar-refractivity contribution in [1.29, 1.82) is 0 Å².